The second-order valence-electron chi connectivity index (χ2n) is 6.11. The summed E-state index contributed by atoms with van der Waals surface area (Å²) in [5.74, 6) is -1.00. The van der Waals surface area contributed by atoms with Gasteiger partial charge in [0.05, 0.1) is 23.1 Å². The Kier molecular flexibility index (Phi) is 4.75. The first-order valence-corrected chi connectivity index (χ1v) is 7.89. The van der Waals surface area contributed by atoms with E-state index in [1.807, 2.05) is 0 Å². The molecule has 8 heteroatoms. The number of rotatable bonds is 3. The maximum Gasteiger partial charge on any atom is 0.416 e. The lowest BCUT2D eigenvalue weighted by molar-refractivity contribution is -0.143. The van der Waals surface area contributed by atoms with Crippen molar-refractivity contribution in [2.24, 2.45) is 0 Å². The van der Waals surface area contributed by atoms with Crippen LogP contribution in [0.3, 0.4) is 0 Å². The lowest BCUT2D eigenvalue weighted by Gasteiger charge is -2.22. The Balaban J connectivity index is 1.97. The zero-order valence-electron chi connectivity index (χ0n) is 13.6. The van der Waals surface area contributed by atoms with E-state index < -0.39 is 35.4 Å². The lowest BCUT2D eigenvalue weighted by atomic mass is 9.92. The van der Waals surface area contributed by atoms with Gasteiger partial charge in [-0.2, -0.15) is 26.3 Å². The Morgan fingerprint density at radius 2 is 1.37 bits per heavy atom. The van der Waals surface area contributed by atoms with E-state index in [0.29, 0.717) is 17.7 Å². The van der Waals surface area contributed by atoms with Gasteiger partial charge >= 0.3 is 12.4 Å². The molecule has 0 saturated heterocycles. The minimum Gasteiger partial charge on any atom is -0.378 e. The first-order valence-electron chi connectivity index (χ1n) is 7.89. The second-order valence-corrected chi connectivity index (χ2v) is 6.11. The van der Waals surface area contributed by atoms with Crippen LogP contribution < -0.4 is 5.32 Å². The van der Waals surface area contributed by atoms with Crippen molar-refractivity contribution < 1.29 is 31.1 Å². The highest BCUT2D eigenvalue weighted by molar-refractivity contribution is 5.99. The molecule has 0 unspecified atom stereocenters. The number of benzene rings is 2. The van der Waals surface area contributed by atoms with Crippen LogP contribution in [0.25, 0.3) is 0 Å². The van der Waals surface area contributed by atoms with Gasteiger partial charge in [0.25, 0.3) is 0 Å². The van der Waals surface area contributed by atoms with E-state index in [1.54, 1.807) is 30.3 Å². The summed E-state index contributed by atoms with van der Waals surface area (Å²) in [6, 6.07) is 9.01. The van der Waals surface area contributed by atoms with Crippen LogP contribution in [-0.2, 0) is 17.1 Å². The largest absolute Gasteiger partial charge is 0.416 e. The fourth-order valence-electron chi connectivity index (χ4n) is 2.98. The minimum atomic E-state index is -4.93. The molecule has 0 radical (unpaired) electrons. The van der Waals surface area contributed by atoms with Crippen LogP contribution in [-0.4, -0.2) is 11.8 Å². The number of carbonyl (C=O) groups is 1. The molecule has 27 heavy (non-hydrogen) atoms. The zero-order chi connectivity index (χ0) is 19.8. The number of nitrogens with one attached hydrogen (secondary N) is 1. The summed E-state index contributed by atoms with van der Waals surface area (Å²) in [6.45, 7) is 0. The van der Waals surface area contributed by atoms with Gasteiger partial charge < -0.3 is 5.32 Å². The Morgan fingerprint density at radius 3 is 1.89 bits per heavy atom. The molecular formula is C19H13F6NO. The monoisotopic (exact) mass is 385 g/mol. The highest BCUT2D eigenvalue weighted by Gasteiger charge is 2.38. The average molecular weight is 385 g/mol. The minimum absolute atomic E-state index is 0.0650. The van der Waals surface area contributed by atoms with E-state index in [-0.39, 0.29) is 17.5 Å². The van der Waals surface area contributed by atoms with Gasteiger partial charge in [-0.25, -0.2) is 0 Å². The van der Waals surface area contributed by atoms with Crippen molar-refractivity contribution in [3.05, 3.63) is 77.4 Å². The van der Waals surface area contributed by atoms with E-state index in [9.17, 15) is 31.1 Å². The van der Waals surface area contributed by atoms with Crippen molar-refractivity contribution in [2.75, 3.05) is 5.32 Å². The molecule has 0 spiro atoms. The standard InChI is InChI=1S/C19H13F6NO/c20-18(21,22)12-8-13(19(23,24)25)10-14(9-12)26-15-6-7-16(27)17(15)11-4-2-1-3-5-11/h1-10,15,17,26H/t15-,17+/m0/s1. The summed E-state index contributed by atoms with van der Waals surface area (Å²) in [5, 5.41) is 2.64. The Bertz CT molecular complexity index is 838. The molecule has 1 aliphatic rings. The third-order valence-electron chi connectivity index (χ3n) is 4.21. The maximum atomic E-state index is 13.0. The Hall–Kier alpha value is -2.77. The molecule has 0 aliphatic heterocycles. The maximum absolute atomic E-state index is 13.0. The Morgan fingerprint density at radius 1 is 0.815 bits per heavy atom. The summed E-state index contributed by atoms with van der Waals surface area (Å²) in [6.07, 6.45) is -7.16. The molecule has 2 nitrogen and oxygen atoms in total. The van der Waals surface area contributed by atoms with Crippen molar-refractivity contribution in [1.29, 1.82) is 0 Å². The fraction of sp³-hybridized carbons (Fsp3) is 0.211. The number of halogens is 6. The van der Waals surface area contributed by atoms with Gasteiger partial charge in [-0.05, 0) is 29.8 Å². The van der Waals surface area contributed by atoms with Gasteiger partial charge in [0.15, 0.2) is 5.78 Å². The summed E-state index contributed by atoms with van der Waals surface area (Å²) in [7, 11) is 0. The smallest absolute Gasteiger partial charge is 0.378 e. The molecule has 1 aliphatic carbocycles. The van der Waals surface area contributed by atoms with Crippen LogP contribution in [0, 0.1) is 0 Å². The van der Waals surface area contributed by atoms with E-state index in [1.165, 1.54) is 12.2 Å². The molecule has 142 valence electrons. The van der Waals surface area contributed by atoms with E-state index >= 15 is 0 Å². The van der Waals surface area contributed by atoms with Crippen molar-refractivity contribution >= 4 is 11.5 Å². The van der Waals surface area contributed by atoms with Crippen LogP contribution in [0.15, 0.2) is 60.7 Å². The molecule has 0 saturated carbocycles. The Labute approximate surface area is 150 Å². The zero-order valence-corrected chi connectivity index (χ0v) is 13.6. The predicted octanol–water partition coefficient (Wildman–Crippen LogP) is 5.43. The van der Waals surface area contributed by atoms with Crippen molar-refractivity contribution in [3.8, 4) is 0 Å². The highest BCUT2D eigenvalue weighted by atomic mass is 19.4. The first-order chi connectivity index (χ1) is 12.6. The molecule has 0 bridgehead atoms. The van der Waals surface area contributed by atoms with Gasteiger partial charge in [0.2, 0.25) is 0 Å². The van der Waals surface area contributed by atoms with Crippen LogP contribution >= 0.6 is 0 Å². The molecule has 2 aromatic carbocycles. The number of alkyl halides is 6. The third kappa shape index (κ3) is 4.15. The second kappa shape index (κ2) is 6.75. The third-order valence-corrected chi connectivity index (χ3v) is 4.21. The quantitative estimate of drug-likeness (QED) is 0.714. The number of carbonyl (C=O) groups excluding carboxylic acids is 1. The van der Waals surface area contributed by atoms with Crippen molar-refractivity contribution in [2.45, 2.75) is 24.3 Å². The summed E-state index contributed by atoms with van der Waals surface area (Å²) in [5.41, 5.74) is -2.57. The van der Waals surface area contributed by atoms with Crippen LogP contribution in [0.4, 0.5) is 32.0 Å². The molecule has 2 atom stereocenters. The fourth-order valence-corrected chi connectivity index (χ4v) is 2.98. The molecule has 3 rings (SSSR count). The number of hydrogen-bond acceptors (Lipinski definition) is 2. The molecule has 0 amide bonds. The normalized spacial score (nSPS) is 20.1. The number of hydrogen-bond donors (Lipinski definition) is 1. The molecule has 0 aromatic heterocycles. The lowest BCUT2D eigenvalue weighted by Crippen LogP contribution is -2.26. The van der Waals surface area contributed by atoms with Gasteiger partial charge in [0.1, 0.15) is 0 Å². The topological polar surface area (TPSA) is 29.1 Å². The predicted molar refractivity (Wildman–Crippen MR) is 87.2 cm³/mol. The number of allylic oxidation sites excluding steroid dienone is 1. The molecule has 0 heterocycles. The van der Waals surface area contributed by atoms with Gasteiger partial charge in [-0.15, -0.1) is 0 Å². The summed E-state index contributed by atoms with van der Waals surface area (Å²) >= 11 is 0. The summed E-state index contributed by atoms with van der Waals surface area (Å²) in [4.78, 5) is 12.1. The van der Waals surface area contributed by atoms with E-state index in [4.69, 9.17) is 0 Å². The van der Waals surface area contributed by atoms with Crippen LogP contribution in [0.1, 0.15) is 22.6 Å². The van der Waals surface area contributed by atoms with Crippen molar-refractivity contribution in [3.63, 3.8) is 0 Å². The number of anilines is 1. The van der Waals surface area contributed by atoms with E-state index in [2.05, 4.69) is 5.32 Å². The average Bonchev–Trinajstić information content (AvgIpc) is 2.94. The van der Waals surface area contributed by atoms with Crippen LogP contribution in [0.2, 0.25) is 0 Å². The van der Waals surface area contributed by atoms with Gasteiger partial charge in [-0.1, -0.05) is 36.4 Å². The highest BCUT2D eigenvalue weighted by Crippen LogP contribution is 2.38. The number of ketones is 1. The van der Waals surface area contributed by atoms with Crippen molar-refractivity contribution in [1.82, 2.24) is 0 Å². The molecule has 1 N–H and O–H groups in total. The molecular weight excluding hydrogens is 372 g/mol. The van der Waals surface area contributed by atoms with Crippen LogP contribution in [0.5, 0.6) is 0 Å². The molecule has 0 fully saturated rings. The van der Waals surface area contributed by atoms with Gasteiger partial charge in [0, 0.05) is 5.69 Å². The first kappa shape index (κ1) is 19.0. The summed E-state index contributed by atoms with van der Waals surface area (Å²) < 4.78 is 77.9. The molecule has 2 aromatic rings. The van der Waals surface area contributed by atoms with Gasteiger partial charge in [-0.3, -0.25) is 4.79 Å². The SMILES string of the molecule is O=C1C=C[C@H](Nc2cc(C(F)(F)F)cc(C(F)(F)F)c2)[C@H]1c1ccccc1. The van der Waals surface area contributed by atoms with E-state index in [0.717, 1.165) is 0 Å².